The number of thioether (sulfide) groups is 1. The predicted molar refractivity (Wildman–Crippen MR) is 96.1 cm³/mol. The van der Waals surface area contributed by atoms with Gasteiger partial charge in [-0.1, -0.05) is 31.5 Å². The summed E-state index contributed by atoms with van der Waals surface area (Å²) < 4.78 is 1.96. The van der Waals surface area contributed by atoms with Gasteiger partial charge >= 0.3 is 0 Å². The molecule has 3 rings (SSSR count). The third-order valence-electron chi connectivity index (χ3n) is 5.06. The van der Waals surface area contributed by atoms with Gasteiger partial charge in [-0.15, -0.1) is 10.2 Å². The zero-order valence-corrected chi connectivity index (χ0v) is 15.6. The number of nitrogens with zero attached hydrogens (tertiary/aromatic N) is 3. The highest BCUT2D eigenvalue weighted by Gasteiger charge is 2.30. The molecule has 0 radical (unpaired) electrons. The molecule has 1 aromatic rings. The molecule has 0 saturated heterocycles. The second-order valence-electron chi connectivity index (χ2n) is 7.21. The van der Waals surface area contributed by atoms with Crippen LogP contribution in [0.3, 0.4) is 0 Å². The first-order valence-corrected chi connectivity index (χ1v) is 10.2. The summed E-state index contributed by atoms with van der Waals surface area (Å²) in [5.74, 6) is 1.93. The van der Waals surface area contributed by atoms with E-state index >= 15 is 0 Å². The first-order chi connectivity index (χ1) is 12.0. The van der Waals surface area contributed by atoms with Crippen molar-refractivity contribution in [2.75, 3.05) is 5.75 Å². The zero-order chi connectivity index (χ0) is 17.8. The minimum Gasteiger partial charge on any atom is -0.370 e. The second-order valence-corrected chi connectivity index (χ2v) is 8.15. The molecule has 1 aromatic heterocycles. The van der Waals surface area contributed by atoms with Crippen LogP contribution in [0.2, 0.25) is 0 Å². The molecule has 138 valence electrons. The number of amides is 2. The Balaban J connectivity index is 1.56. The SMILES string of the molecule is C[C@@H]1CCCC[C@@H]1NC(=O)CSc1nnc(C2CC2)n1CCC(N)=O. The van der Waals surface area contributed by atoms with E-state index in [-0.39, 0.29) is 24.3 Å². The quantitative estimate of drug-likeness (QED) is 0.684. The number of primary amides is 1. The highest BCUT2D eigenvalue weighted by molar-refractivity contribution is 7.99. The number of rotatable bonds is 8. The average molecular weight is 366 g/mol. The fourth-order valence-electron chi connectivity index (χ4n) is 3.39. The Morgan fingerprint density at radius 2 is 2.00 bits per heavy atom. The van der Waals surface area contributed by atoms with E-state index in [0.29, 0.717) is 29.3 Å². The molecule has 0 spiro atoms. The Hall–Kier alpha value is -1.57. The van der Waals surface area contributed by atoms with E-state index in [2.05, 4.69) is 22.4 Å². The Kier molecular flexibility index (Phi) is 5.98. The lowest BCUT2D eigenvalue weighted by Crippen LogP contribution is -2.41. The van der Waals surface area contributed by atoms with Crippen molar-refractivity contribution in [2.24, 2.45) is 11.7 Å². The normalized spacial score (nSPS) is 23.4. The number of nitrogens with one attached hydrogen (secondary N) is 1. The highest BCUT2D eigenvalue weighted by atomic mass is 32.2. The molecule has 25 heavy (non-hydrogen) atoms. The van der Waals surface area contributed by atoms with Crippen LogP contribution in [-0.4, -0.2) is 38.4 Å². The van der Waals surface area contributed by atoms with Gasteiger partial charge in [0.05, 0.1) is 5.75 Å². The average Bonchev–Trinajstić information content (AvgIpc) is 3.34. The second kappa shape index (κ2) is 8.21. The van der Waals surface area contributed by atoms with E-state index in [0.717, 1.165) is 25.1 Å². The van der Waals surface area contributed by atoms with E-state index in [1.807, 2.05) is 4.57 Å². The summed E-state index contributed by atoms with van der Waals surface area (Å²) in [7, 11) is 0. The number of aromatic nitrogens is 3. The van der Waals surface area contributed by atoms with Gasteiger partial charge in [-0.3, -0.25) is 9.59 Å². The number of hydrogen-bond acceptors (Lipinski definition) is 5. The molecule has 2 saturated carbocycles. The van der Waals surface area contributed by atoms with Gasteiger partial charge in [0.2, 0.25) is 11.8 Å². The minimum atomic E-state index is -0.338. The molecule has 8 heteroatoms. The standard InChI is InChI=1S/C17H27N5O2S/c1-11-4-2-3-5-13(11)19-15(24)10-25-17-21-20-16(12-6-7-12)22(17)9-8-14(18)23/h11-13H,2-10H2,1H3,(H2,18,23)(H,19,24)/t11-,13+/m1/s1. The Morgan fingerprint density at radius 1 is 1.24 bits per heavy atom. The molecule has 2 amide bonds. The Morgan fingerprint density at radius 3 is 2.68 bits per heavy atom. The summed E-state index contributed by atoms with van der Waals surface area (Å²) in [6.07, 6.45) is 7.18. The Labute approximate surface area is 152 Å². The number of carbonyl (C=O) groups is 2. The molecular weight excluding hydrogens is 338 g/mol. The maximum absolute atomic E-state index is 12.3. The molecule has 2 atom stereocenters. The topological polar surface area (TPSA) is 103 Å². The van der Waals surface area contributed by atoms with E-state index in [1.54, 1.807) is 0 Å². The van der Waals surface area contributed by atoms with Crippen molar-refractivity contribution in [3.05, 3.63) is 5.82 Å². The lowest BCUT2D eigenvalue weighted by molar-refractivity contribution is -0.120. The Bertz CT molecular complexity index is 629. The van der Waals surface area contributed by atoms with Crippen LogP contribution in [-0.2, 0) is 16.1 Å². The number of nitrogens with two attached hydrogens (primary N) is 1. The summed E-state index contributed by atoms with van der Waals surface area (Å²) in [6.45, 7) is 2.69. The van der Waals surface area contributed by atoms with Gasteiger partial charge in [-0.05, 0) is 31.6 Å². The fraction of sp³-hybridized carbons (Fsp3) is 0.765. The van der Waals surface area contributed by atoms with Gasteiger partial charge in [-0.25, -0.2) is 0 Å². The van der Waals surface area contributed by atoms with E-state index < -0.39 is 0 Å². The molecule has 0 bridgehead atoms. The van der Waals surface area contributed by atoms with Crippen LogP contribution in [0.5, 0.6) is 0 Å². The number of carbonyl (C=O) groups excluding carboxylic acids is 2. The van der Waals surface area contributed by atoms with Crippen LogP contribution in [0, 0.1) is 5.92 Å². The van der Waals surface area contributed by atoms with Gasteiger partial charge in [-0.2, -0.15) is 0 Å². The largest absolute Gasteiger partial charge is 0.370 e. The minimum absolute atomic E-state index is 0.0428. The maximum atomic E-state index is 12.3. The fourth-order valence-corrected chi connectivity index (χ4v) is 4.17. The van der Waals surface area contributed by atoms with E-state index in [9.17, 15) is 9.59 Å². The summed E-state index contributed by atoms with van der Waals surface area (Å²) in [5, 5.41) is 12.4. The first kappa shape index (κ1) is 18.2. The summed E-state index contributed by atoms with van der Waals surface area (Å²) in [6, 6.07) is 0.289. The maximum Gasteiger partial charge on any atom is 0.230 e. The van der Waals surface area contributed by atoms with Crippen molar-refractivity contribution in [1.29, 1.82) is 0 Å². The van der Waals surface area contributed by atoms with Crippen molar-refractivity contribution in [3.63, 3.8) is 0 Å². The van der Waals surface area contributed by atoms with Gasteiger partial charge in [0.25, 0.3) is 0 Å². The predicted octanol–water partition coefficient (Wildman–Crippen LogP) is 1.82. The highest BCUT2D eigenvalue weighted by Crippen LogP contribution is 2.40. The molecule has 2 fully saturated rings. The van der Waals surface area contributed by atoms with Crippen LogP contribution < -0.4 is 11.1 Å². The molecular formula is C17H27N5O2S. The smallest absolute Gasteiger partial charge is 0.230 e. The monoisotopic (exact) mass is 365 g/mol. The van der Waals surface area contributed by atoms with Gasteiger partial charge < -0.3 is 15.6 Å². The van der Waals surface area contributed by atoms with Crippen LogP contribution in [0.1, 0.15) is 63.6 Å². The molecule has 7 nitrogen and oxygen atoms in total. The van der Waals surface area contributed by atoms with Crippen LogP contribution >= 0.6 is 11.8 Å². The van der Waals surface area contributed by atoms with Crippen molar-refractivity contribution in [3.8, 4) is 0 Å². The molecule has 1 heterocycles. The summed E-state index contributed by atoms with van der Waals surface area (Å²) in [4.78, 5) is 23.4. The first-order valence-electron chi connectivity index (χ1n) is 9.18. The van der Waals surface area contributed by atoms with Gasteiger partial charge in [0, 0.05) is 24.9 Å². The van der Waals surface area contributed by atoms with E-state index in [1.165, 1.54) is 31.0 Å². The third kappa shape index (κ3) is 4.96. The number of hydrogen-bond donors (Lipinski definition) is 2. The molecule has 0 aliphatic heterocycles. The molecule has 3 N–H and O–H groups in total. The molecule has 0 aromatic carbocycles. The molecule has 0 unspecified atom stereocenters. The van der Waals surface area contributed by atoms with Gasteiger partial charge in [0.1, 0.15) is 5.82 Å². The van der Waals surface area contributed by atoms with E-state index in [4.69, 9.17) is 5.73 Å². The molecule has 2 aliphatic rings. The van der Waals surface area contributed by atoms with Crippen LogP contribution in [0.25, 0.3) is 0 Å². The lowest BCUT2D eigenvalue weighted by Gasteiger charge is -2.29. The molecule has 2 aliphatic carbocycles. The van der Waals surface area contributed by atoms with Crippen LogP contribution in [0.15, 0.2) is 5.16 Å². The van der Waals surface area contributed by atoms with Gasteiger partial charge in [0.15, 0.2) is 5.16 Å². The summed E-state index contributed by atoms with van der Waals surface area (Å²) in [5.41, 5.74) is 5.28. The van der Waals surface area contributed by atoms with Crippen molar-refractivity contribution < 1.29 is 9.59 Å². The van der Waals surface area contributed by atoms with Crippen molar-refractivity contribution in [2.45, 2.75) is 75.5 Å². The van der Waals surface area contributed by atoms with Crippen molar-refractivity contribution in [1.82, 2.24) is 20.1 Å². The van der Waals surface area contributed by atoms with Crippen molar-refractivity contribution >= 4 is 23.6 Å². The zero-order valence-electron chi connectivity index (χ0n) is 14.7. The third-order valence-corrected chi connectivity index (χ3v) is 6.03. The summed E-state index contributed by atoms with van der Waals surface area (Å²) >= 11 is 1.39. The lowest BCUT2D eigenvalue weighted by atomic mass is 9.86. The van der Waals surface area contributed by atoms with Crippen LogP contribution in [0.4, 0.5) is 0 Å².